The SMILES string of the molecule is CC(C)(C)SCCCC(=O)NCC1CCCC1O. The Morgan fingerprint density at radius 1 is 1.39 bits per heavy atom. The number of hydrogen-bond donors (Lipinski definition) is 2. The molecule has 18 heavy (non-hydrogen) atoms. The topological polar surface area (TPSA) is 49.3 Å². The molecule has 4 heteroatoms. The van der Waals surface area contributed by atoms with E-state index in [1.807, 2.05) is 11.8 Å². The van der Waals surface area contributed by atoms with E-state index in [-0.39, 0.29) is 22.7 Å². The summed E-state index contributed by atoms with van der Waals surface area (Å²) < 4.78 is 0.282. The smallest absolute Gasteiger partial charge is 0.220 e. The van der Waals surface area contributed by atoms with E-state index in [1.54, 1.807) is 0 Å². The third kappa shape index (κ3) is 6.64. The Balaban J connectivity index is 2.04. The highest BCUT2D eigenvalue weighted by molar-refractivity contribution is 8.00. The van der Waals surface area contributed by atoms with Gasteiger partial charge in [-0.25, -0.2) is 0 Å². The zero-order valence-corrected chi connectivity index (χ0v) is 12.7. The lowest BCUT2D eigenvalue weighted by Crippen LogP contribution is -2.32. The Bertz CT molecular complexity index is 263. The lowest BCUT2D eigenvalue weighted by molar-refractivity contribution is -0.121. The third-order valence-corrected chi connectivity index (χ3v) is 4.62. The zero-order chi connectivity index (χ0) is 13.6. The molecule has 1 amide bonds. The van der Waals surface area contributed by atoms with Gasteiger partial charge in [0.1, 0.15) is 0 Å². The van der Waals surface area contributed by atoms with E-state index in [0.29, 0.717) is 13.0 Å². The molecule has 1 aliphatic carbocycles. The van der Waals surface area contributed by atoms with Gasteiger partial charge in [0.25, 0.3) is 0 Å². The molecule has 1 fully saturated rings. The van der Waals surface area contributed by atoms with E-state index in [9.17, 15) is 9.90 Å². The van der Waals surface area contributed by atoms with Crippen molar-refractivity contribution in [3.63, 3.8) is 0 Å². The monoisotopic (exact) mass is 273 g/mol. The summed E-state index contributed by atoms with van der Waals surface area (Å²) in [7, 11) is 0. The second kappa shape index (κ2) is 7.39. The van der Waals surface area contributed by atoms with E-state index in [0.717, 1.165) is 31.4 Å². The van der Waals surface area contributed by atoms with Crippen molar-refractivity contribution in [2.45, 2.75) is 63.7 Å². The summed E-state index contributed by atoms with van der Waals surface area (Å²) in [4.78, 5) is 11.6. The maximum atomic E-state index is 11.6. The standard InChI is InChI=1S/C14H27NO2S/c1-14(2,3)18-9-5-8-13(17)15-10-11-6-4-7-12(11)16/h11-12,16H,4-10H2,1-3H3,(H,15,17). The fraction of sp³-hybridized carbons (Fsp3) is 0.929. The Hall–Kier alpha value is -0.220. The summed E-state index contributed by atoms with van der Waals surface area (Å²) in [6.45, 7) is 7.23. The Morgan fingerprint density at radius 2 is 2.11 bits per heavy atom. The summed E-state index contributed by atoms with van der Waals surface area (Å²) in [6, 6.07) is 0. The zero-order valence-electron chi connectivity index (χ0n) is 11.9. The average molecular weight is 273 g/mol. The molecule has 0 aromatic heterocycles. The molecule has 0 bridgehead atoms. The number of aliphatic hydroxyl groups excluding tert-OH is 1. The van der Waals surface area contributed by atoms with Gasteiger partial charge in [0.15, 0.2) is 0 Å². The first-order valence-corrected chi connectivity index (χ1v) is 7.96. The van der Waals surface area contributed by atoms with Crippen molar-refractivity contribution < 1.29 is 9.90 Å². The number of thioether (sulfide) groups is 1. The molecule has 1 rings (SSSR count). The molecule has 0 aromatic rings. The van der Waals surface area contributed by atoms with Crippen molar-refractivity contribution in [2.24, 2.45) is 5.92 Å². The number of aliphatic hydroxyl groups is 1. The van der Waals surface area contributed by atoms with Crippen LogP contribution in [0.1, 0.15) is 52.9 Å². The summed E-state index contributed by atoms with van der Waals surface area (Å²) in [5.41, 5.74) is 0. The molecule has 0 spiro atoms. The quantitative estimate of drug-likeness (QED) is 0.731. The summed E-state index contributed by atoms with van der Waals surface area (Å²) in [5.74, 6) is 1.43. The van der Waals surface area contributed by atoms with Gasteiger partial charge < -0.3 is 10.4 Å². The number of hydrogen-bond acceptors (Lipinski definition) is 3. The highest BCUT2D eigenvalue weighted by atomic mass is 32.2. The van der Waals surface area contributed by atoms with E-state index >= 15 is 0 Å². The molecule has 0 aliphatic heterocycles. The van der Waals surface area contributed by atoms with Gasteiger partial charge >= 0.3 is 0 Å². The van der Waals surface area contributed by atoms with Crippen LogP contribution in [-0.2, 0) is 4.79 Å². The Kier molecular flexibility index (Phi) is 6.50. The minimum absolute atomic E-state index is 0.128. The predicted octanol–water partition coefficient (Wildman–Crippen LogP) is 2.58. The van der Waals surface area contributed by atoms with Crippen LogP contribution in [0.3, 0.4) is 0 Å². The lowest BCUT2D eigenvalue weighted by atomic mass is 10.1. The molecule has 2 N–H and O–H groups in total. The van der Waals surface area contributed by atoms with Crippen molar-refractivity contribution in [2.75, 3.05) is 12.3 Å². The molecule has 1 aliphatic rings. The van der Waals surface area contributed by atoms with Gasteiger partial charge in [-0.3, -0.25) is 4.79 Å². The molecule has 2 atom stereocenters. The second-order valence-electron chi connectivity index (χ2n) is 6.13. The van der Waals surface area contributed by atoms with Crippen molar-refractivity contribution in [3.8, 4) is 0 Å². The molecular formula is C14H27NO2S. The molecule has 0 heterocycles. The van der Waals surface area contributed by atoms with Crippen LogP contribution in [0.2, 0.25) is 0 Å². The Labute approximate surface area is 115 Å². The number of nitrogens with one attached hydrogen (secondary N) is 1. The maximum Gasteiger partial charge on any atom is 0.220 e. The van der Waals surface area contributed by atoms with Crippen LogP contribution < -0.4 is 5.32 Å². The van der Waals surface area contributed by atoms with Crippen molar-refractivity contribution in [1.29, 1.82) is 0 Å². The number of rotatable bonds is 6. The first-order chi connectivity index (χ1) is 8.38. The van der Waals surface area contributed by atoms with Crippen molar-refractivity contribution >= 4 is 17.7 Å². The molecular weight excluding hydrogens is 246 g/mol. The Morgan fingerprint density at radius 3 is 2.67 bits per heavy atom. The largest absolute Gasteiger partial charge is 0.393 e. The van der Waals surface area contributed by atoms with E-state index in [2.05, 4.69) is 26.1 Å². The summed E-state index contributed by atoms with van der Waals surface area (Å²) in [6.07, 6.45) is 4.35. The van der Waals surface area contributed by atoms with Gasteiger partial charge in [0.05, 0.1) is 6.10 Å². The van der Waals surface area contributed by atoms with Gasteiger partial charge in [-0.1, -0.05) is 27.2 Å². The van der Waals surface area contributed by atoms with Crippen molar-refractivity contribution in [1.82, 2.24) is 5.32 Å². The normalized spacial score (nSPS) is 24.2. The number of carbonyl (C=O) groups excluding carboxylic acids is 1. The summed E-state index contributed by atoms with van der Waals surface area (Å²) in [5, 5.41) is 12.6. The average Bonchev–Trinajstić information content (AvgIpc) is 2.66. The number of amides is 1. The van der Waals surface area contributed by atoms with Crippen LogP contribution in [0.15, 0.2) is 0 Å². The molecule has 0 saturated heterocycles. The van der Waals surface area contributed by atoms with Gasteiger partial charge in [-0.15, -0.1) is 0 Å². The van der Waals surface area contributed by atoms with Crippen LogP contribution in [0.5, 0.6) is 0 Å². The fourth-order valence-corrected chi connectivity index (χ4v) is 3.10. The maximum absolute atomic E-state index is 11.6. The van der Waals surface area contributed by atoms with Gasteiger partial charge in [-0.05, 0) is 25.0 Å². The van der Waals surface area contributed by atoms with E-state index < -0.39 is 0 Å². The molecule has 3 nitrogen and oxygen atoms in total. The minimum Gasteiger partial charge on any atom is -0.393 e. The van der Waals surface area contributed by atoms with Gasteiger partial charge in [0, 0.05) is 23.6 Å². The van der Waals surface area contributed by atoms with Crippen LogP contribution >= 0.6 is 11.8 Å². The highest BCUT2D eigenvalue weighted by Gasteiger charge is 2.25. The summed E-state index contributed by atoms with van der Waals surface area (Å²) >= 11 is 1.90. The van der Waals surface area contributed by atoms with Crippen LogP contribution in [0.4, 0.5) is 0 Å². The van der Waals surface area contributed by atoms with Crippen LogP contribution in [0, 0.1) is 5.92 Å². The van der Waals surface area contributed by atoms with Gasteiger partial charge in [0.2, 0.25) is 5.91 Å². The lowest BCUT2D eigenvalue weighted by Gasteiger charge is -2.17. The van der Waals surface area contributed by atoms with E-state index in [1.165, 1.54) is 0 Å². The first-order valence-electron chi connectivity index (χ1n) is 6.97. The third-order valence-electron chi connectivity index (χ3n) is 3.26. The van der Waals surface area contributed by atoms with Crippen LogP contribution in [0.25, 0.3) is 0 Å². The minimum atomic E-state index is -0.207. The molecule has 106 valence electrons. The second-order valence-corrected chi connectivity index (χ2v) is 8.05. The number of carbonyl (C=O) groups is 1. The van der Waals surface area contributed by atoms with Gasteiger partial charge in [-0.2, -0.15) is 11.8 Å². The van der Waals surface area contributed by atoms with Crippen molar-refractivity contribution in [3.05, 3.63) is 0 Å². The highest BCUT2D eigenvalue weighted by Crippen LogP contribution is 2.25. The van der Waals surface area contributed by atoms with E-state index in [4.69, 9.17) is 0 Å². The molecule has 2 unspecified atom stereocenters. The molecule has 0 aromatic carbocycles. The molecule has 1 saturated carbocycles. The fourth-order valence-electron chi connectivity index (χ4n) is 2.20. The first kappa shape index (κ1) is 15.8. The predicted molar refractivity (Wildman–Crippen MR) is 77.8 cm³/mol. The molecule has 0 radical (unpaired) electrons. The van der Waals surface area contributed by atoms with Crippen LogP contribution in [-0.4, -0.2) is 34.2 Å².